The maximum Gasteiger partial charge on any atom is 0.271 e. The van der Waals surface area contributed by atoms with E-state index in [1.54, 1.807) is 30.5 Å². The van der Waals surface area contributed by atoms with Crippen LogP contribution in [0.25, 0.3) is 0 Å². The molecule has 2 rings (SSSR count). The Hall–Kier alpha value is -2.82. The molecule has 0 unspecified atom stereocenters. The molecule has 0 saturated heterocycles. The van der Waals surface area contributed by atoms with Gasteiger partial charge in [0.15, 0.2) is 0 Å². The predicted molar refractivity (Wildman–Crippen MR) is 99.5 cm³/mol. The smallest absolute Gasteiger partial charge is 0.271 e. The molecule has 1 N–H and O–H groups in total. The first kappa shape index (κ1) is 18.5. The third-order valence-corrected chi connectivity index (χ3v) is 3.30. The van der Waals surface area contributed by atoms with Gasteiger partial charge in [0.25, 0.3) is 5.91 Å². The zero-order chi connectivity index (χ0) is 17.9. The van der Waals surface area contributed by atoms with Crippen molar-refractivity contribution < 1.29 is 14.3 Å². The summed E-state index contributed by atoms with van der Waals surface area (Å²) in [4.78, 5) is 12.1. The van der Waals surface area contributed by atoms with E-state index in [4.69, 9.17) is 9.47 Å². The summed E-state index contributed by atoms with van der Waals surface area (Å²) in [5.41, 5.74) is 3.91. The molecule has 2 aromatic carbocycles. The lowest BCUT2D eigenvalue weighted by molar-refractivity contribution is 0.0955. The lowest BCUT2D eigenvalue weighted by atomic mass is 10.2. The summed E-state index contributed by atoms with van der Waals surface area (Å²) < 4.78 is 11.1. The fraction of sp³-hybridized carbons (Fsp3) is 0.300. The molecule has 5 nitrogen and oxygen atoms in total. The van der Waals surface area contributed by atoms with E-state index in [1.165, 1.54) is 0 Å². The number of nitrogens with zero attached hydrogens (tertiary/aromatic N) is 1. The van der Waals surface area contributed by atoms with Crippen LogP contribution in [0.4, 0.5) is 0 Å². The van der Waals surface area contributed by atoms with Crippen LogP contribution < -0.4 is 14.9 Å². The molecule has 1 amide bonds. The van der Waals surface area contributed by atoms with Gasteiger partial charge in [0.1, 0.15) is 11.5 Å². The highest BCUT2D eigenvalue weighted by atomic mass is 16.5. The van der Waals surface area contributed by atoms with E-state index in [0.717, 1.165) is 29.9 Å². The molecule has 0 bridgehead atoms. The van der Waals surface area contributed by atoms with Crippen molar-refractivity contribution in [3.63, 3.8) is 0 Å². The van der Waals surface area contributed by atoms with Crippen molar-refractivity contribution in [1.82, 2.24) is 5.43 Å². The van der Waals surface area contributed by atoms with Crippen LogP contribution in [0.15, 0.2) is 53.6 Å². The van der Waals surface area contributed by atoms with Crippen molar-refractivity contribution in [3.05, 3.63) is 59.7 Å². The van der Waals surface area contributed by atoms with Crippen molar-refractivity contribution >= 4 is 12.1 Å². The highest BCUT2D eigenvalue weighted by molar-refractivity contribution is 5.95. The maximum absolute atomic E-state index is 12.1. The van der Waals surface area contributed by atoms with Crippen LogP contribution in [-0.4, -0.2) is 25.3 Å². The molecule has 0 saturated carbocycles. The lowest BCUT2D eigenvalue weighted by Gasteiger charge is -2.05. The van der Waals surface area contributed by atoms with Crippen molar-refractivity contribution in [2.45, 2.75) is 26.7 Å². The van der Waals surface area contributed by atoms with Crippen LogP contribution in [0.3, 0.4) is 0 Å². The summed E-state index contributed by atoms with van der Waals surface area (Å²) in [7, 11) is 0. The topological polar surface area (TPSA) is 59.9 Å². The van der Waals surface area contributed by atoms with E-state index in [0.29, 0.717) is 18.8 Å². The molecular weight excluding hydrogens is 316 g/mol. The minimum Gasteiger partial charge on any atom is -0.494 e. The van der Waals surface area contributed by atoms with Gasteiger partial charge in [-0.25, -0.2) is 5.43 Å². The van der Waals surface area contributed by atoms with Gasteiger partial charge in [-0.15, -0.1) is 0 Å². The number of hydrogen-bond donors (Lipinski definition) is 1. The Bertz CT molecular complexity index is 696. The normalized spacial score (nSPS) is 10.6. The zero-order valence-electron chi connectivity index (χ0n) is 14.7. The number of hydrazone groups is 1. The average molecular weight is 340 g/mol. The molecule has 2 aromatic rings. The minimum absolute atomic E-state index is 0.267. The molecule has 0 atom stereocenters. The summed E-state index contributed by atoms with van der Waals surface area (Å²) in [5.74, 6) is 1.28. The Morgan fingerprint density at radius 2 is 1.68 bits per heavy atom. The SMILES string of the molecule is CCCOc1ccc(C(=O)N/N=C\c2cccc(OCCC)c2)cc1. The summed E-state index contributed by atoms with van der Waals surface area (Å²) in [6.07, 6.45) is 3.49. The zero-order valence-corrected chi connectivity index (χ0v) is 14.7. The second-order valence-electron chi connectivity index (χ2n) is 5.49. The predicted octanol–water partition coefficient (Wildman–Crippen LogP) is 4.03. The van der Waals surface area contributed by atoms with Gasteiger partial charge in [-0.3, -0.25) is 4.79 Å². The number of benzene rings is 2. The highest BCUT2D eigenvalue weighted by Gasteiger charge is 2.04. The molecule has 0 heterocycles. The second kappa shape index (κ2) is 10.1. The fourth-order valence-electron chi connectivity index (χ4n) is 2.06. The van der Waals surface area contributed by atoms with Crippen LogP contribution in [0.5, 0.6) is 11.5 Å². The lowest BCUT2D eigenvalue weighted by Crippen LogP contribution is -2.17. The quantitative estimate of drug-likeness (QED) is 0.554. The van der Waals surface area contributed by atoms with E-state index < -0.39 is 0 Å². The van der Waals surface area contributed by atoms with Crippen LogP contribution in [0, 0.1) is 0 Å². The Balaban J connectivity index is 1.89. The van der Waals surface area contributed by atoms with Gasteiger partial charge < -0.3 is 9.47 Å². The van der Waals surface area contributed by atoms with E-state index in [2.05, 4.69) is 17.5 Å². The van der Waals surface area contributed by atoms with E-state index in [1.807, 2.05) is 31.2 Å². The molecular formula is C20H24N2O3. The summed E-state index contributed by atoms with van der Waals surface area (Å²) >= 11 is 0. The Morgan fingerprint density at radius 1 is 1.00 bits per heavy atom. The third-order valence-electron chi connectivity index (χ3n) is 3.30. The first-order valence-electron chi connectivity index (χ1n) is 8.52. The van der Waals surface area contributed by atoms with Crippen molar-refractivity contribution in [3.8, 4) is 11.5 Å². The Morgan fingerprint density at radius 3 is 2.36 bits per heavy atom. The molecule has 0 fully saturated rings. The molecule has 0 spiro atoms. The summed E-state index contributed by atoms with van der Waals surface area (Å²) in [6, 6.07) is 14.6. The van der Waals surface area contributed by atoms with Gasteiger partial charge in [-0.2, -0.15) is 5.10 Å². The minimum atomic E-state index is -0.267. The van der Waals surface area contributed by atoms with Gasteiger partial charge >= 0.3 is 0 Å². The fourth-order valence-corrected chi connectivity index (χ4v) is 2.06. The average Bonchev–Trinajstić information content (AvgIpc) is 2.65. The molecule has 5 heteroatoms. The van der Waals surface area contributed by atoms with Gasteiger partial charge in [0.05, 0.1) is 19.4 Å². The first-order chi connectivity index (χ1) is 12.2. The van der Waals surface area contributed by atoms with E-state index >= 15 is 0 Å². The summed E-state index contributed by atoms with van der Waals surface area (Å²) in [5, 5.41) is 4.00. The van der Waals surface area contributed by atoms with Gasteiger partial charge in [-0.1, -0.05) is 26.0 Å². The first-order valence-corrected chi connectivity index (χ1v) is 8.52. The number of carbonyl (C=O) groups is 1. The van der Waals surface area contributed by atoms with Crippen LogP contribution >= 0.6 is 0 Å². The molecule has 0 aliphatic heterocycles. The van der Waals surface area contributed by atoms with Crippen LogP contribution in [0.1, 0.15) is 42.6 Å². The van der Waals surface area contributed by atoms with Crippen LogP contribution in [-0.2, 0) is 0 Å². The summed E-state index contributed by atoms with van der Waals surface area (Å²) in [6.45, 7) is 5.45. The molecule has 25 heavy (non-hydrogen) atoms. The largest absolute Gasteiger partial charge is 0.494 e. The maximum atomic E-state index is 12.1. The molecule has 0 radical (unpaired) electrons. The van der Waals surface area contributed by atoms with Gasteiger partial charge in [0.2, 0.25) is 0 Å². The van der Waals surface area contributed by atoms with Gasteiger partial charge in [0, 0.05) is 5.56 Å². The van der Waals surface area contributed by atoms with E-state index in [9.17, 15) is 4.79 Å². The monoisotopic (exact) mass is 340 g/mol. The number of rotatable bonds is 9. The number of carbonyl (C=O) groups excluding carboxylic acids is 1. The van der Waals surface area contributed by atoms with Gasteiger partial charge in [-0.05, 0) is 54.8 Å². The van der Waals surface area contributed by atoms with Crippen molar-refractivity contribution in [1.29, 1.82) is 0 Å². The molecule has 0 aromatic heterocycles. The Kier molecular flexibility index (Phi) is 7.50. The Labute approximate surface area is 148 Å². The van der Waals surface area contributed by atoms with Crippen molar-refractivity contribution in [2.24, 2.45) is 5.10 Å². The second-order valence-corrected chi connectivity index (χ2v) is 5.49. The van der Waals surface area contributed by atoms with Crippen LogP contribution in [0.2, 0.25) is 0 Å². The number of amides is 1. The number of nitrogens with one attached hydrogen (secondary N) is 1. The molecule has 132 valence electrons. The van der Waals surface area contributed by atoms with Crippen molar-refractivity contribution in [2.75, 3.05) is 13.2 Å². The number of ether oxygens (including phenoxy) is 2. The standard InChI is InChI=1S/C20H24N2O3/c1-3-12-24-18-10-8-17(9-11-18)20(23)22-21-15-16-6-5-7-19(14-16)25-13-4-2/h5-11,14-15H,3-4,12-13H2,1-2H3,(H,22,23)/b21-15-. The highest BCUT2D eigenvalue weighted by Crippen LogP contribution is 2.13. The molecule has 0 aliphatic rings. The third kappa shape index (κ3) is 6.30. The van der Waals surface area contributed by atoms with E-state index in [-0.39, 0.29) is 5.91 Å². The molecule has 0 aliphatic carbocycles. The number of hydrogen-bond acceptors (Lipinski definition) is 4.